The summed E-state index contributed by atoms with van der Waals surface area (Å²) in [7, 11) is 3.53. The molecule has 0 spiro atoms. The minimum atomic E-state index is -0.439. The first kappa shape index (κ1) is 20.0. The monoisotopic (exact) mass is 418 g/mol. The molecule has 30 heavy (non-hydrogen) atoms. The second kappa shape index (κ2) is 8.59. The van der Waals surface area contributed by atoms with Crippen LogP contribution in [0.5, 0.6) is 0 Å². The molecule has 4 rings (SSSR count). The first-order valence-corrected chi connectivity index (χ1v) is 10.4. The summed E-state index contributed by atoms with van der Waals surface area (Å²) in [5, 5.41) is 9.12. The smallest absolute Gasteiger partial charge is 0.240 e. The van der Waals surface area contributed by atoms with Gasteiger partial charge in [-0.25, -0.2) is 0 Å². The molecule has 0 N–H and O–H groups in total. The molecular weight excluding hydrogens is 396 g/mol. The van der Waals surface area contributed by atoms with Crippen molar-refractivity contribution in [3.8, 4) is 17.1 Å². The predicted molar refractivity (Wildman–Crippen MR) is 118 cm³/mol. The van der Waals surface area contributed by atoms with Crippen molar-refractivity contribution in [2.45, 2.75) is 17.3 Å². The molecule has 4 aromatic rings. The van der Waals surface area contributed by atoms with Crippen LogP contribution in [-0.2, 0) is 4.79 Å². The predicted octanol–water partition coefficient (Wildman–Crippen LogP) is 4.76. The van der Waals surface area contributed by atoms with Crippen molar-refractivity contribution in [1.82, 2.24) is 19.7 Å². The van der Waals surface area contributed by atoms with Crippen molar-refractivity contribution < 1.29 is 9.21 Å². The van der Waals surface area contributed by atoms with Crippen LogP contribution in [0.15, 0.2) is 82.6 Å². The number of aryl methyl sites for hydroxylation is 1. The second-order valence-electron chi connectivity index (χ2n) is 7.01. The Morgan fingerprint density at radius 1 is 1.00 bits per heavy atom. The molecule has 2 aromatic heterocycles. The fourth-order valence-electron chi connectivity index (χ4n) is 3.18. The number of rotatable bonds is 6. The van der Waals surface area contributed by atoms with Gasteiger partial charge in [-0.05, 0) is 30.7 Å². The van der Waals surface area contributed by atoms with Gasteiger partial charge in [0, 0.05) is 19.8 Å². The highest BCUT2D eigenvalue weighted by Crippen LogP contribution is 2.38. The first-order valence-electron chi connectivity index (χ1n) is 9.54. The minimum absolute atomic E-state index is 0.00477. The van der Waals surface area contributed by atoms with Crippen molar-refractivity contribution >= 4 is 17.7 Å². The lowest BCUT2D eigenvalue weighted by atomic mass is 10.1. The van der Waals surface area contributed by atoms with Crippen molar-refractivity contribution in [3.63, 3.8) is 0 Å². The van der Waals surface area contributed by atoms with Crippen molar-refractivity contribution in [2.75, 3.05) is 14.1 Å². The molecule has 0 aliphatic rings. The zero-order chi connectivity index (χ0) is 21.1. The van der Waals surface area contributed by atoms with E-state index in [0.717, 1.165) is 22.6 Å². The van der Waals surface area contributed by atoms with Gasteiger partial charge in [0.05, 0.1) is 11.8 Å². The molecule has 1 amide bonds. The highest BCUT2D eigenvalue weighted by molar-refractivity contribution is 8.00. The topological polar surface area (TPSA) is 64.2 Å². The Labute approximate surface area is 179 Å². The number of amides is 1. The third-order valence-corrected chi connectivity index (χ3v) is 5.92. The standard InChI is InChI=1S/C23H22N4O2S/c1-16-19(14-15-29-16)21-24-25-23(27(21)18-12-8-5-9-13-18)30-20(22(28)26(2)3)17-10-6-4-7-11-17/h4-15,20H,1-3H3/t20-/m1/s1. The maximum Gasteiger partial charge on any atom is 0.240 e. The van der Waals surface area contributed by atoms with E-state index in [1.54, 1.807) is 25.3 Å². The number of carbonyl (C=O) groups excluding carboxylic acids is 1. The van der Waals surface area contributed by atoms with Crippen LogP contribution < -0.4 is 0 Å². The molecule has 2 heterocycles. The Bertz CT molecular complexity index is 1140. The normalized spacial score (nSPS) is 12.0. The SMILES string of the molecule is Cc1occc1-c1nnc(S[C@@H](C(=O)N(C)C)c2ccccc2)n1-c1ccccc1. The molecule has 0 aliphatic heterocycles. The Morgan fingerprint density at radius 3 is 2.27 bits per heavy atom. The van der Waals surface area contributed by atoms with E-state index < -0.39 is 5.25 Å². The third-order valence-electron chi connectivity index (χ3n) is 4.74. The van der Waals surface area contributed by atoms with Gasteiger partial charge in [-0.15, -0.1) is 10.2 Å². The van der Waals surface area contributed by atoms with Gasteiger partial charge in [0.2, 0.25) is 5.91 Å². The maximum absolute atomic E-state index is 13.0. The summed E-state index contributed by atoms with van der Waals surface area (Å²) in [5.74, 6) is 1.44. The zero-order valence-electron chi connectivity index (χ0n) is 17.0. The fraction of sp³-hybridized carbons (Fsp3) is 0.174. The van der Waals surface area contributed by atoms with E-state index in [1.165, 1.54) is 11.8 Å². The zero-order valence-corrected chi connectivity index (χ0v) is 17.8. The Hall–Kier alpha value is -3.32. The minimum Gasteiger partial charge on any atom is -0.469 e. The van der Waals surface area contributed by atoms with Crippen LogP contribution in [0.3, 0.4) is 0 Å². The number of likely N-dealkylation sites (N-methyl/N-ethyl adjacent to an activating group) is 1. The van der Waals surface area contributed by atoms with Crippen molar-refractivity contribution in [1.29, 1.82) is 0 Å². The lowest BCUT2D eigenvalue weighted by Gasteiger charge is -2.20. The molecule has 1 atom stereocenters. The summed E-state index contributed by atoms with van der Waals surface area (Å²) in [6, 6.07) is 21.5. The summed E-state index contributed by atoms with van der Waals surface area (Å²) in [6.45, 7) is 1.90. The highest BCUT2D eigenvalue weighted by Gasteiger charge is 2.28. The van der Waals surface area contributed by atoms with Crippen LogP contribution in [-0.4, -0.2) is 39.7 Å². The Morgan fingerprint density at radius 2 is 1.67 bits per heavy atom. The second-order valence-corrected chi connectivity index (χ2v) is 8.08. The highest BCUT2D eigenvalue weighted by atomic mass is 32.2. The number of furan rings is 1. The molecular formula is C23H22N4O2S. The van der Waals surface area contributed by atoms with Gasteiger partial charge in [-0.3, -0.25) is 9.36 Å². The van der Waals surface area contributed by atoms with Crippen molar-refractivity contribution in [3.05, 3.63) is 84.3 Å². The van der Waals surface area contributed by atoms with Gasteiger partial charge in [0.1, 0.15) is 11.0 Å². The number of thioether (sulfide) groups is 1. The van der Waals surface area contributed by atoms with E-state index in [2.05, 4.69) is 10.2 Å². The van der Waals surface area contributed by atoms with E-state index in [1.807, 2.05) is 78.2 Å². The molecule has 0 unspecified atom stereocenters. The number of benzene rings is 2. The average molecular weight is 419 g/mol. The number of aromatic nitrogens is 3. The molecule has 152 valence electrons. The first-order chi connectivity index (χ1) is 14.6. The van der Waals surface area contributed by atoms with Crippen LogP contribution in [0.25, 0.3) is 17.1 Å². The Kier molecular flexibility index (Phi) is 5.72. The molecule has 0 radical (unpaired) electrons. The molecule has 6 nitrogen and oxygen atoms in total. The van der Waals surface area contributed by atoms with Crippen LogP contribution in [0.4, 0.5) is 0 Å². The summed E-state index contributed by atoms with van der Waals surface area (Å²) in [6.07, 6.45) is 1.64. The quantitative estimate of drug-likeness (QED) is 0.423. The summed E-state index contributed by atoms with van der Waals surface area (Å²) in [5.41, 5.74) is 2.71. The van der Waals surface area contributed by atoms with Gasteiger partial charge in [0.25, 0.3) is 0 Å². The van der Waals surface area contributed by atoms with Crippen LogP contribution >= 0.6 is 11.8 Å². The van der Waals surface area contributed by atoms with Crippen LogP contribution in [0.1, 0.15) is 16.6 Å². The van der Waals surface area contributed by atoms with E-state index in [4.69, 9.17) is 4.42 Å². The largest absolute Gasteiger partial charge is 0.469 e. The number of nitrogens with zero attached hydrogens (tertiary/aromatic N) is 4. The van der Waals surface area contributed by atoms with Gasteiger partial charge >= 0.3 is 0 Å². The molecule has 7 heteroatoms. The molecule has 0 saturated heterocycles. The molecule has 0 aliphatic carbocycles. The Balaban J connectivity index is 1.83. The third kappa shape index (κ3) is 3.89. The van der Waals surface area contributed by atoms with Crippen LogP contribution in [0, 0.1) is 6.92 Å². The molecule has 0 fully saturated rings. The van der Waals surface area contributed by atoms with Crippen molar-refractivity contribution in [2.24, 2.45) is 0 Å². The molecule has 0 saturated carbocycles. The number of para-hydroxylation sites is 1. The van der Waals surface area contributed by atoms with E-state index in [0.29, 0.717) is 11.0 Å². The number of hydrogen-bond donors (Lipinski definition) is 0. The lowest BCUT2D eigenvalue weighted by Crippen LogP contribution is -2.27. The van der Waals surface area contributed by atoms with E-state index in [-0.39, 0.29) is 5.91 Å². The average Bonchev–Trinajstić information content (AvgIpc) is 3.38. The number of hydrogen-bond acceptors (Lipinski definition) is 5. The fourth-order valence-corrected chi connectivity index (χ4v) is 4.38. The van der Waals surface area contributed by atoms with Gasteiger partial charge in [-0.1, -0.05) is 60.3 Å². The summed E-state index contributed by atoms with van der Waals surface area (Å²) >= 11 is 1.39. The number of carbonyl (C=O) groups is 1. The van der Waals surface area contributed by atoms with Gasteiger partial charge in [0.15, 0.2) is 11.0 Å². The lowest BCUT2D eigenvalue weighted by molar-refractivity contribution is -0.128. The summed E-state index contributed by atoms with van der Waals surface area (Å²) < 4.78 is 7.46. The van der Waals surface area contributed by atoms with E-state index >= 15 is 0 Å². The molecule has 0 bridgehead atoms. The van der Waals surface area contributed by atoms with Crippen LogP contribution in [0.2, 0.25) is 0 Å². The maximum atomic E-state index is 13.0. The van der Waals surface area contributed by atoms with E-state index in [9.17, 15) is 4.79 Å². The summed E-state index contributed by atoms with van der Waals surface area (Å²) in [4.78, 5) is 14.6. The van der Waals surface area contributed by atoms with Gasteiger partial charge in [-0.2, -0.15) is 0 Å². The molecule has 2 aromatic carbocycles. The van der Waals surface area contributed by atoms with Gasteiger partial charge < -0.3 is 9.32 Å².